The average molecular weight is 426 g/mol. The first-order chi connectivity index (χ1) is 14.8. The number of thioether (sulfide) groups is 1. The fourth-order valence-corrected chi connectivity index (χ4v) is 4.25. The summed E-state index contributed by atoms with van der Waals surface area (Å²) >= 11 is 1.52. The molecule has 0 spiro atoms. The monoisotopic (exact) mass is 426 g/mol. The van der Waals surface area contributed by atoms with E-state index in [1.807, 2.05) is 16.7 Å². The normalized spacial score (nSPS) is 16.4. The maximum absolute atomic E-state index is 13.4. The molecule has 0 amide bonds. The molecule has 0 saturated carbocycles. The molecule has 1 unspecified atom stereocenters. The molecule has 4 aromatic rings. The number of ether oxygens (including phenoxy) is 1. The van der Waals surface area contributed by atoms with Gasteiger partial charge >= 0.3 is 0 Å². The standard InChI is InChI=1S/C21H19FN4O3S/c22-15-7-5-14(6-8-15)20-23-24-21(26(20)12-17-3-1-9-27-17)30-13-16-11-19(29-25-16)18-4-2-10-28-18/h2,4-8,10-11,17H,1,3,9,12-13H2. The van der Waals surface area contributed by atoms with Crippen LogP contribution in [0.5, 0.6) is 0 Å². The Labute approximate surface area is 176 Å². The largest absolute Gasteiger partial charge is 0.461 e. The molecule has 9 heteroatoms. The average Bonchev–Trinajstić information content (AvgIpc) is 3.55. The predicted molar refractivity (Wildman–Crippen MR) is 108 cm³/mol. The minimum atomic E-state index is -0.281. The second-order valence-electron chi connectivity index (χ2n) is 7.01. The molecule has 0 N–H and O–H groups in total. The van der Waals surface area contributed by atoms with Crippen LogP contribution in [0.4, 0.5) is 4.39 Å². The van der Waals surface area contributed by atoms with Crippen molar-refractivity contribution in [1.82, 2.24) is 19.9 Å². The van der Waals surface area contributed by atoms with Crippen molar-refractivity contribution in [3.05, 3.63) is 60.2 Å². The van der Waals surface area contributed by atoms with E-state index in [-0.39, 0.29) is 11.9 Å². The smallest absolute Gasteiger partial charge is 0.202 e. The predicted octanol–water partition coefficient (Wildman–Crippen LogP) is 4.80. The molecular weight excluding hydrogens is 407 g/mol. The van der Waals surface area contributed by atoms with Crippen molar-refractivity contribution in [2.75, 3.05) is 6.61 Å². The molecule has 0 radical (unpaired) electrons. The van der Waals surface area contributed by atoms with E-state index >= 15 is 0 Å². The van der Waals surface area contributed by atoms with Gasteiger partial charge in [-0.15, -0.1) is 10.2 Å². The molecule has 4 heterocycles. The van der Waals surface area contributed by atoms with Crippen LogP contribution >= 0.6 is 11.8 Å². The van der Waals surface area contributed by atoms with Gasteiger partial charge in [0.15, 0.2) is 16.7 Å². The highest BCUT2D eigenvalue weighted by Gasteiger charge is 2.22. The lowest BCUT2D eigenvalue weighted by Crippen LogP contribution is -2.16. The topological polar surface area (TPSA) is 79.1 Å². The molecule has 1 aromatic carbocycles. The first-order valence-corrected chi connectivity index (χ1v) is 10.7. The van der Waals surface area contributed by atoms with E-state index in [0.29, 0.717) is 29.6 Å². The zero-order valence-electron chi connectivity index (χ0n) is 16.0. The second-order valence-corrected chi connectivity index (χ2v) is 7.95. The van der Waals surface area contributed by atoms with Crippen molar-refractivity contribution in [2.45, 2.75) is 36.4 Å². The molecule has 0 aliphatic carbocycles. The number of furan rings is 1. The van der Waals surface area contributed by atoms with Crippen LogP contribution in [-0.2, 0) is 17.0 Å². The van der Waals surface area contributed by atoms with Crippen LogP contribution < -0.4 is 0 Å². The SMILES string of the molecule is Fc1ccc(-c2nnc(SCc3cc(-c4ccco4)on3)n2CC2CCCO2)cc1. The summed E-state index contributed by atoms with van der Waals surface area (Å²) in [6, 6.07) is 11.8. The number of benzene rings is 1. The molecule has 0 bridgehead atoms. The van der Waals surface area contributed by atoms with E-state index in [9.17, 15) is 4.39 Å². The molecule has 1 fully saturated rings. The molecule has 1 saturated heterocycles. The lowest BCUT2D eigenvalue weighted by Gasteiger charge is -2.14. The maximum atomic E-state index is 13.4. The molecular formula is C21H19FN4O3S. The van der Waals surface area contributed by atoms with E-state index in [4.69, 9.17) is 13.7 Å². The van der Waals surface area contributed by atoms with Crippen LogP contribution in [0.3, 0.4) is 0 Å². The van der Waals surface area contributed by atoms with Gasteiger partial charge in [-0.25, -0.2) is 4.39 Å². The fraction of sp³-hybridized carbons (Fsp3) is 0.286. The van der Waals surface area contributed by atoms with Gasteiger partial charge in [0, 0.05) is 24.0 Å². The Hall–Kier alpha value is -2.91. The third-order valence-electron chi connectivity index (χ3n) is 4.90. The lowest BCUT2D eigenvalue weighted by atomic mass is 10.2. The lowest BCUT2D eigenvalue weighted by molar-refractivity contribution is 0.0953. The molecule has 3 aromatic heterocycles. The van der Waals surface area contributed by atoms with Gasteiger partial charge in [-0.3, -0.25) is 4.57 Å². The van der Waals surface area contributed by atoms with Gasteiger partial charge in [-0.1, -0.05) is 16.9 Å². The van der Waals surface area contributed by atoms with Gasteiger partial charge in [0.25, 0.3) is 0 Å². The molecule has 30 heavy (non-hydrogen) atoms. The minimum Gasteiger partial charge on any atom is -0.461 e. The quantitative estimate of drug-likeness (QED) is 0.393. The molecule has 1 aliphatic heterocycles. The van der Waals surface area contributed by atoms with Crippen molar-refractivity contribution in [3.8, 4) is 22.9 Å². The molecule has 154 valence electrons. The minimum absolute atomic E-state index is 0.122. The second kappa shape index (κ2) is 8.45. The zero-order chi connectivity index (χ0) is 20.3. The first kappa shape index (κ1) is 19.1. The van der Waals surface area contributed by atoms with Crippen LogP contribution in [-0.4, -0.2) is 32.6 Å². The number of rotatable bonds is 7. The number of aromatic nitrogens is 4. The van der Waals surface area contributed by atoms with Crippen molar-refractivity contribution < 1.29 is 18.1 Å². The third kappa shape index (κ3) is 4.03. The van der Waals surface area contributed by atoms with E-state index in [1.165, 1.54) is 23.9 Å². The summed E-state index contributed by atoms with van der Waals surface area (Å²) in [6.45, 7) is 1.42. The fourth-order valence-electron chi connectivity index (χ4n) is 3.42. The summed E-state index contributed by atoms with van der Waals surface area (Å²) in [5.41, 5.74) is 1.59. The Kier molecular flexibility index (Phi) is 5.37. The number of halogens is 1. The molecule has 7 nitrogen and oxygen atoms in total. The van der Waals surface area contributed by atoms with Gasteiger partial charge in [0.2, 0.25) is 5.76 Å². The van der Waals surface area contributed by atoms with Crippen LogP contribution in [0.15, 0.2) is 62.8 Å². The van der Waals surface area contributed by atoms with Crippen molar-refractivity contribution in [2.24, 2.45) is 0 Å². The van der Waals surface area contributed by atoms with Crippen LogP contribution in [0.2, 0.25) is 0 Å². The van der Waals surface area contributed by atoms with E-state index < -0.39 is 0 Å². The Morgan fingerprint density at radius 3 is 2.80 bits per heavy atom. The van der Waals surface area contributed by atoms with E-state index in [2.05, 4.69) is 15.4 Å². The van der Waals surface area contributed by atoms with E-state index in [1.54, 1.807) is 24.5 Å². The van der Waals surface area contributed by atoms with Gasteiger partial charge in [0.1, 0.15) is 5.82 Å². The number of nitrogens with zero attached hydrogens (tertiary/aromatic N) is 4. The van der Waals surface area contributed by atoms with Gasteiger partial charge < -0.3 is 13.7 Å². The number of hydrogen-bond acceptors (Lipinski definition) is 7. The summed E-state index contributed by atoms with van der Waals surface area (Å²) in [5, 5.41) is 13.6. The van der Waals surface area contributed by atoms with Crippen molar-refractivity contribution in [1.29, 1.82) is 0 Å². The van der Waals surface area contributed by atoms with Crippen LogP contribution in [0, 0.1) is 5.82 Å². The summed E-state index contributed by atoms with van der Waals surface area (Å²) in [7, 11) is 0. The Morgan fingerprint density at radius 1 is 1.13 bits per heavy atom. The summed E-state index contributed by atoms with van der Waals surface area (Å²) in [6.07, 6.45) is 3.77. The Balaban J connectivity index is 1.37. The molecule has 1 atom stereocenters. The first-order valence-electron chi connectivity index (χ1n) is 9.69. The van der Waals surface area contributed by atoms with Gasteiger partial charge in [-0.05, 0) is 49.2 Å². The number of hydrogen-bond donors (Lipinski definition) is 0. The Morgan fingerprint density at radius 2 is 2.03 bits per heavy atom. The third-order valence-corrected chi connectivity index (χ3v) is 5.90. The van der Waals surface area contributed by atoms with Crippen molar-refractivity contribution >= 4 is 11.8 Å². The highest BCUT2D eigenvalue weighted by Crippen LogP contribution is 2.29. The highest BCUT2D eigenvalue weighted by atomic mass is 32.2. The summed E-state index contributed by atoms with van der Waals surface area (Å²) < 4.78 is 31.9. The molecule has 1 aliphatic rings. The Bertz CT molecular complexity index is 1100. The van der Waals surface area contributed by atoms with Gasteiger partial charge in [0.05, 0.1) is 24.6 Å². The summed E-state index contributed by atoms with van der Waals surface area (Å²) in [4.78, 5) is 0. The van der Waals surface area contributed by atoms with Crippen molar-refractivity contribution in [3.63, 3.8) is 0 Å². The van der Waals surface area contributed by atoms with Crippen LogP contribution in [0.25, 0.3) is 22.9 Å². The van der Waals surface area contributed by atoms with E-state index in [0.717, 1.165) is 35.9 Å². The summed E-state index contributed by atoms with van der Waals surface area (Å²) in [5.74, 6) is 2.21. The maximum Gasteiger partial charge on any atom is 0.202 e. The van der Waals surface area contributed by atoms with Crippen LogP contribution in [0.1, 0.15) is 18.5 Å². The van der Waals surface area contributed by atoms with Gasteiger partial charge in [-0.2, -0.15) is 0 Å². The zero-order valence-corrected chi connectivity index (χ0v) is 16.8. The highest BCUT2D eigenvalue weighted by molar-refractivity contribution is 7.98. The molecule has 5 rings (SSSR count).